The van der Waals surface area contributed by atoms with E-state index in [1.807, 2.05) is 72.8 Å². The number of rotatable bonds is 12. The van der Waals surface area contributed by atoms with Gasteiger partial charge in [0.1, 0.15) is 94.5 Å². The molecule has 0 spiro atoms. The average molecular weight is 957 g/mol. The molecule has 0 unspecified atom stereocenters. The van der Waals surface area contributed by atoms with E-state index in [-0.39, 0.29) is 44.5 Å². The maximum absolute atomic E-state index is 9.63. The van der Waals surface area contributed by atoms with Crippen LogP contribution in [0.5, 0.6) is 46.0 Å². The lowest BCUT2D eigenvalue weighted by atomic mass is 9.55. The molecule has 8 aromatic carbocycles. The Labute approximate surface area is 427 Å². The van der Waals surface area contributed by atoms with Crippen molar-refractivity contribution in [2.45, 2.75) is 36.5 Å². The van der Waals surface area contributed by atoms with E-state index in [1.165, 1.54) is 0 Å². The molecule has 9 rings (SSSR count). The molecular formula is C62H36N8O4. The van der Waals surface area contributed by atoms with Crippen LogP contribution in [0.2, 0.25) is 0 Å². The first-order valence-electron chi connectivity index (χ1n) is 23.1. The molecule has 1 aliphatic carbocycles. The number of nitriles is 8. The summed E-state index contributed by atoms with van der Waals surface area (Å²) in [6.45, 7) is 0. The van der Waals surface area contributed by atoms with Gasteiger partial charge in [0.15, 0.2) is 0 Å². The molecule has 1 aliphatic rings. The molecule has 0 aliphatic heterocycles. The number of hydrogen-bond donors (Lipinski definition) is 0. The van der Waals surface area contributed by atoms with Crippen molar-refractivity contribution in [3.8, 4) is 94.5 Å². The highest BCUT2D eigenvalue weighted by atomic mass is 16.5. The average Bonchev–Trinajstić information content (AvgIpc) is 3.45. The summed E-state index contributed by atoms with van der Waals surface area (Å²) in [5.41, 5.74) is 5.02. The van der Waals surface area contributed by atoms with E-state index in [9.17, 15) is 42.1 Å². The maximum atomic E-state index is 9.63. The number of hydrogen-bond acceptors (Lipinski definition) is 12. The summed E-state index contributed by atoms with van der Waals surface area (Å²) in [7, 11) is 0. The zero-order chi connectivity index (χ0) is 51.7. The standard InChI is InChI=1S/C62H36N8O4/c63-33-41-1-13-57(29-45(41)37-67)71-53-17-5-49(6-18-53)61(50-7-19-54(20-8-50)72-58-14-2-42(34-64)46(30-58)38-68)25-27-62(28-26-61,51-9-21-55(22-10-51)73-59-15-3-43(35-65)47(31-59)39-69)52-11-23-56(24-12-52)74-60-16-4-44(36-66)48(32-60)40-70/h1-24,29-32H,25-28H2. The first-order valence-corrected chi connectivity index (χ1v) is 23.1. The molecule has 0 aromatic heterocycles. The summed E-state index contributed by atoms with van der Waals surface area (Å²) in [6.07, 6.45) is 2.71. The second-order valence-electron chi connectivity index (χ2n) is 17.4. The van der Waals surface area contributed by atoms with Crippen molar-refractivity contribution in [2.24, 2.45) is 0 Å². The van der Waals surface area contributed by atoms with Crippen LogP contribution in [0.4, 0.5) is 0 Å². The summed E-state index contributed by atoms with van der Waals surface area (Å²) < 4.78 is 24.8. The topological polar surface area (TPSA) is 227 Å². The predicted molar refractivity (Wildman–Crippen MR) is 270 cm³/mol. The minimum Gasteiger partial charge on any atom is -0.457 e. The smallest absolute Gasteiger partial charge is 0.128 e. The van der Waals surface area contributed by atoms with E-state index in [1.54, 1.807) is 72.8 Å². The zero-order valence-electron chi connectivity index (χ0n) is 39.2. The van der Waals surface area contributed by atoms with Gasteiger partial charge < -0.3 is 18.9 Å². The Hall–Kier alpha value is -11.1. The molecule has 12 heteroatoms. The summed E-state index contributed by atoms with van der Waals surface area (Å²) in [5, 5.41) is 76.3. The Kier molecular flexibility index (Phi) is 13.5. The molecule has 348 valence electrons. The van der Waals surface area contributed by atoms with E-state index < -0.39 is 10.8 Å². The van der Waals surface area contributed by atoms with Crippen molar-refractivity contribution in [2.75, 3.05) is 0 Å². The third-order valence-electron chi connectivity index (χ3n) is 13.5. The largest absolute Gasteiger partial charge is 0.457 e. The third-order valence-corrected chi connectivity index (χ3v) is 13.5. The van der Waals surface area contributed by atoms with Crippen molar-refractivity contribution in [3.05, 3.63) is 237 Å². The van der Waals surface area contributed by atoms with Gasteiger partial charge in [0.2, 0.25) is 0 Å². The molecule has 1 fully saturated rings. The minimum absolute atomic E-state index is 0.216. The molecule has 12 nitrogen and oxygen atoms in total. The van der Waals surface area contributed by atoms with Crippen LogP contribution in [-0.2, 0) is 10.8 Å². The highest BCUT2D eigenvalue weighted by molar-refractivity contribution is 5.55. The van der Waals surface area contributed by atoms with Crippen LogP contribution in [0.1, 0.15) is 92.4 Å². The molecule has 1 saturated carbocycles. The van der Waals surface area contributed by atoms with Crippen LogP contribution in [0.3, 0.4) is 0 Å². The van der Waals surface area contributed by atoms with Crippen molar-refractivity contribution >= 4 is 0 Å². The second-order valence-corrected chi connectivity index (χ2v) is 17.4. The Morgan fingerprint density at radius 3 is 0.581 bits per heavy atom. The lowest BCUT2D eigenvalue weighted by Gasteiger charge is -2.48. The summed E-state index contributed by atoms with van der Waals surface area (Å²) >= 11 is 0. The van der Waals surface area contributed by atoms with Gasteiger partial charge in [-0.2, -0.15) is 42.1 Å². The predicted octanol–water partition coefficient (Wildman–Crippen LogP) is 13.7. The molecule has 0 amide bonds. The van der Waals surface area contributed by atoms with Crippen LogP contribution in [0.15, 0.2) is 170 Å². The summed E-state index contributed by atoms with van der Waals surface area (Å²) in [6, 6.07) is 67.1. The van der Waals surface area contributed by atoms with Crippen molar-refractivity contribution in [3.63, 3.8) is 0 Å². The molecule has 0 heterocycles. The first kappa shape index (κ1) is 47.9. The van der Waals surface area contributed by atoms with Crippen LogP contribution < -0.4 is 18.9 Å². The molecular weight excluding hydrogens is 921 g/mol. The monoisotopic (exact) mass is 956 g/mol. The van der Waals surface area contributed by atoms with Crippen molar-refractivity contribution < 1.29 is 18.9 Å². The van der Waals surface area contributed by atoms with Crippen LogP contribution in [0.25, 0.3) is 0 Å². The van der Waals surface area contributed by atoms with E-state index in [4.69, 9.17) is 18.9 Å². The van der Waals surface area contributed by atoms with Gasteiger partial charge in [0, 0.05) is 10.8 Å². The SMILES string of the molecule is N#Cc1ccc(Oc2ccc(C3(c4ccc(Oc5ccc(C#N)c(C#N)c5)cc4)CCC(c4ccc(Oc5ccc(C#N)c(C#N)c5)cc4)(c4ccc(Oc5ccc(C#N)c(C#N)c5)cc4)CC3)cc2)cc1C#N. The van der Waals surface area contributed by atoms with Crippen LogP contribution in [0, 0.1) is 90.6 Å². The molecule has 74 heavy (non-hydrogen) atoms. The number of nitrogens with zero attached hydrogens (tertiary/aromatic N) is 8. The van der Waals surface area contributed by atoms with E-state index in [2.05, 4.69) is 72.8 Å². The van der Waals surface area contributed by atoms with Gasteiger partial charge in [0.25, 0.3) is 0 Å². The van der Waals surface area contributed by atoms with Gasteiger partial charge in [-0.3, -0.25) is 0 Å². The van der Waals surface area contributed by atoms with Crippen molar-refractivity contribution in [1.29, 1.82) is 42.1 Å². The van der Waals surface area contributed by atoms with Crippen LogP contribution >= 0.6 is 0 Å². The Balaban J connectivity index is 1.08. The molecule has 8 aromatic rings. The van der Waals surface area contributed by atoms with Gasteiger partial charge in [-0.15, -0.1) is 0 Å². The molecule has 0 saturated heterocycles. The Morgan fingerprint density at radius 1 is 0.230 bits per heavy atom. The van der Waals surface area contributed by atoms with E-state index in [0.29, 0.717) is 71.7 Å². The minimum atomic E-state index is -0.528. The molecule has 0 bridgehead atoms. The summed E-state index contributed by atoms with van der Waals surface area (Å²) in [4.78, 5) is 0. The van der Waals surface area contributed by atoms with Gasteiger partial charge in [-0.25, -0.2) is 0 Å². The van der Waals surface area contributed by atoms with Gasteiger partial charge in [-0.05, 0) is 169 Å². The normalized spacial score (nSPS) is 12.8. The quantitative estimate of drug-likeness (QED) is 0.111. The van der Waals surface area contributed by atoms with Crippen molar-refractivity contribution in [1.82, 2.24) is 0 Å². The van der Waals surface area contributed by atoms with Crippen LogP contribution in [-0.4, -0.2) is 0 Å². The first-order chi connectivity index (χ1) is 36.2. The highest BCUT2D eigenvalue weighted by Crippen LogP contribution is 2.55. The molecule has 0 radical (unpaired) electrons. The van der Waals surface area contributed by atoms with Gasteiger partial charge >= 0.3 is 0 Å². The fraction of sp³-hybridized carbons (Fsp3) is 0.0968. The molecule has 0 N–H and O–H groups in total. The summed E-state index contributed by atoms with van der Waals surface area (Å²) in [5.74, 6) is 3.87. The van der Waals surface area contributed by atoms with E-state index in [0.717, 1.165) is 22.3 Å². The lowest BCUT2D eigenvalue weighted by molar-refractivity contribution is 0.256. The molecule has 0 atom stereocenters. The second kappa shape index (κ2) is 20.9. The highest BCUT2D eigenvalue weighted by Gasteiger charge is 2.46. The van der Waals surface area contributed by atoms with Gasteiger partial charge in [0.05, 0.1) is 44.5 Å². The zero-order valence-corrected chi connectivity index (χ0v) is 39.2. The fourth-order valence-electron chi connectivity index (χ4n) is 9.61. The lowest BCUT2D eigenvalue weighted by Crippen LogP contribution is -2.41. The number of ether oxygens (including phenoxy) is 4. The fourth-order valence-corrected chi connectivity index (χ4v) is 9.61. The van der Waals surface area contributed by atoms with Gasteiger partial charge in [-0.1, -0.05) is 48.5 Å². The number of benzene rings is 8. The Bertz CT molecular complexity index is 3320. The third kappa shape index (κ3) is 9.59. The maximum Gasteiger partial charge on any atom is 0.128 e. The van der Waals surface area contributed by atoms with E-state index >= 15 is 0 Å². The Morgan fingerprint density at radius 2 is 0.405 bits per heavy atom.